The van der Waals surface area contributed by atoms with E-state index in [0.29, 0.717) is 0 Å². The van der Waals surface area contributed by atoms with E-state index in [-0.39, 0.29) is 18.6 Å². The second-order valence-electron chi connectivity index (χ2n) is 3.70. The topological polar surface area (TPSA) is 58.6 Å². The SMILES string of the molecule is CCOP(=O)([O-])OCC(C)(C)C. The maximum atomic E-state index is 10.9. The molecule has 0 aliphatic rings. The highest BCUT2D eigenvalue weighted by Gasteiger charge is 2.15. The normalized spacial score (nSPS) is 17.4. The van der Waals surface area contributed by atoms with Crippen LogP contribution in [0.3, 0.4) is 0 Å². The molecule has 1 unspecified atom stereocenters. The standard InChI is InChI=1S/C7H17O4P/c1-5-10-12(8,9)11-6-7(2,3)4/h5-6H2,1-4H3,(H,8,9)/p-1. The first-order chi connectivity index (χ1) is 5.27. The Hall–Kier alpha value is 0.110. The van der Waals surface area contributed by atoms with Crippen molar-refractivity contribution in [2.75, 3.05) is 13.2 Å². The third-order valence-electron chi connectivity index (χ3n) is 0.943. The molecule has 5 heteroatoms. The van der Waals surface area contributed by atoms with Gasteiger partial charge in [-0.25, -0.2) is 0 Å². The fraction of sp³-hybridized carbons (Fsp3) is 1.00. The Kier molecular flexibility index (Phi) is 4.42. The molecular weight excluding hydrogens is 179 g/mol. The summed E-state index contributed by atoms with van der Waals surface area (Å²) in [4.78, 5) is 10.9. The van der Waals surface area contributed by atoms with Crippen LogP contribution >= 0.6 is 7.82 Å². The third-order valence-corrected chi connectivity index (χ3v) is 1.96. The molecule has 0 aromatic carbocycles. The van der Waals surface area contributed by atoms with Gasteiger partial charge in [-0.3, -0.25) is 4.57 Å². The third kappa shape index (κ3) is 6.80. The van der Waals surface area contributed by atoms with Crippen molar-refractivity contribution in [3.63, 3.8) is 0 Å². The van der Waals surface area contributed by atoms with Crippen molar-refractivity contribution in [3.8, 4) is 0 Å². The van der Waals surface area contributed by atoms with E-state index in [2.05, 4.69) is 9.05 Å². The van der Waals surface area contributed by atoms with Crippen molar-refractivity contribution in [1.82, 2.24) is 0 Å². The predicted molar refractivity (Wildman–Crippen MR) is 44.6 cm³/mol. The Morgan fingerprint density at radius 3 is 2.17 bits per heavy atom. The highest BCUT2D eigenvalue weighted by Crippen LogP contribution is 2.39. The Morgan fingerprint density at radius 1 is 1.33 bits per heavy atom. The van der Waals surface area contributed by atoms with Gasteiger partial charge in [-0.1, -0.05) is 20.8 Å². The zero-order chi connectivity index (χ0) is 9.83. The van der Waals surface area contributed by atoms with Gasteiger partial charge in [-0.2, -0.15) is 0 Å². The fourth-order valence-electron chi connectivity index (χ4n) is 0.468. The molecule has 0 saturated heterocycles. The number of phosphoric acid groups is 1. The number of hydrogen-bond acceptors (Lipinski definition) is 4. The van der Waals surface area contributed by atoms with E-state index in [1.807, 2.05) is 20.8 Å². The van der Waals surface area contributed by atoms with Gasteiger partial charge in [-0.15, -0.1) is 0 Å². The summed E-state index contributed by atoms with van der Waals surface area (Å²) in [7, 11) is -4.04. The minimum atomic E-state index is -4.04. The molecule has 0 bridgehead atoms. The molecule has 0 radical (unpaired) electrons. The van der Waals surface area contributed by atoms with Crippen LogP contribution in [0.1, 0.15) is 27.7 Å². The quantitative estimate of drug-likeness (QED) is 0.638. The lowest BCUT2D eigenvalue weighted by Crippen LogP contribution is -2.17. The minimum Gasteiger partial charge on any atom is -0.756 e. The highest BCUT2D eigenvalue weighted by molar-refractivity contribution is 7.45. The molecule has 0 heterocycles. The summed E-state index contributed by atoms with van der Waals surface area (Å²) in [6.07, 6.45) is 0. The van der Waals surface area contributed by atoms with E-state index in [0.717, 1.165) is 0 Å². The lowest BCUT2D eigenvalue weighted by atomic mass is 9.99. The second-order valence-corrected chi connectivity index (χ2v) is 5.11. The summed E-state index contributed by atoms with van der Waals surface area (Å²) in [6, 6.07) is 0. The van der Waals surface area contributed by atoms with Gasteiger partial charge in [0.15, 0.2) is 0 Å². The Morgan fingerprint density at radius 2 is 1.83 bits per heavy atom. The molecule has 0 aromatic rings. The maximum Gasteiger partial charge on any atom is 0.267 e. The van der Waals surface area contributed by atoms with Gasteiger partial charge < -0.3 is 13.9 Å². The summed E-state index contributed by atoms with van der Waals surface area (Å²) in [5.41, 5.74) is -0.169. The molecule has 0 amide bonds. The second kappa shape index (κ2) is 4.38. The molecule has 74 valence electrons. The molecule has 4 nitrogen and oxygen atoms in total. The van der Waals surface area contributed by atoms with Crippen LogP contribution in [0.5, 0.6) is 0 Å². The molecular formula is C7H16O4P-. The Bertz CT molecular complexity index is 173. The van der Waals surface area contributed by atoms with Crippen LogP contribution < -0.4 is 4.89 Å². The smallest absolute Gasteiger partial charge is 0.267 e. The van der Waals surface area contributed by atoms with Crippen LogP contribution in [0.25, 0.3) is 0 Å². The van der Waals surface area contributed by atoms with Gasteiger partial charge in [0, 0.05) is 0 Å². The average Bonchev–Trinajstić information content (AvgIpc) is 1.83. The Labute approximate surface area is 73.5 Å². The van der Waals surface area contributed by atoms with Crippen LogP contribution in [-0.4, -0.2) is 13.2 Å². The zero-order valence-corrected chi connectivity index (χ0v) is 8.89. The maximum absolute atomic E-state index is 10.9. The van der Waals surface area contributed by atoms with E-state index >= 15 is 0 Å². The number of hydrogen-bond donors (Lipinski definition) is 0. The van der Waals surface area contributed by atoms with Crippen LogP contribution in [0.2, 0.25) is 0 Å². The molecule has 12 heavy (non-hydrogen) atoms. The van der Waals surface area contributed by atoms with Gasteiger partial charge in [0.1, 0.15) is 0 Å². The lowest BCUT2D eigenvalue weighted by molar-refractivity contribution is -0.226. The van der Waals surface area contributed by atoms with Crippen LogP contribution in [-0.2, 0) is 13.6 Å². The summed E-state index contributed by atoms with van der Waals surface area (Å²) in [6.45, 7) is 7.53. The van der Waals surface area contributed by atoms with Gasteiger partial charge in [-0.05, 0) is 12.3 Å². The van der Waals surface area contributed by atoms with Crippen LogP contribution in [0, 0.1) is 5.41 Å². The highest BCUT2D eigenvalue weighted by atomic mass is 31.2. The molecule has 0 fully saturated rings. The Balaban J connectivity index is 3.84. The van der Waals surface area contributed by atoms with Crippen molar-refractivity contribution in [1.29, 1.82) is 0 Å². The summed E-state index contributed by atoms with van der Waals surface area (Å²) in [5, 5.41) is 0. The first-order valence-electron chi connectivity index (χ1n) is 3.87. The van der Waals surface area contributed by atoms with Crippen LogP contribution in [0.15, 0.2) is 0 Å². The molecule has 0 rings (SSSR count). The predicted octanol–water partition coefficient (Wildman–Crippen LogP) is 1.55. The van der Waals surface area contributed by atoms with E-state index in [9.17, 15) is 9.46 Å². The summed E-state index contributed by atoms with van der Waals surface area (Å²) >= 11 is 0. The molecule has 0 aliphatic heterocycles. The number of phosphoric ester groups is 1. The zero-order valence-electron chi connectivity index (χ0n) is 7.99. The molecule has 0 aliphatic carbocycles. The molecule has 1 atom stereocenters. The molecule has 0 N–H and O–H groups in total. The monoisotopic (exact) mass is 195 g/mol. The van der Waals surface area contributed by atoms with E-state index in [1.54, 1.807) is 6.92 Å². The van der Waals surface area contributed by atoms with Crippen LogP contribution in [0.4, 0.5) is 0 Å². The lowest BCUT2D eigenvalue weighted by Gasteiger charge is -2.26. The van der Waals surface area contributed by atoms with E-state index in [1.165, 1.54) is 0 Å². The first kappa shape index (κ1) is 12.1. The van der Waals surface area contributed by atoms with E-state index in [4.69, 9.17) is 0 Å². The van der Waals surface area contributed by atoms with Gasteiger partial charge >= 0.3 is 0 Å². The van der Waals surface area contributed by atoms with Crippen molar-refractivity contribution < 1.29 is 18.5 Å². The molecule has 0 spiro atoms. The van der Waals surface area contributed by atoms with Gasteiger partial charge in [0.2, 0.25) is 0 Å². The van der Waals surface area contributed by atoms with Gasteiger partial charge in [0.05, 0.1) is 13.2 Å². The largest absolute Gasteiger partial charge is 0.756 e. The van der Waals surface area contributed by atoms with Crippen molar-refractivity contribution in [3.05, 3.63) is 0 Å². The summed E-state index contributed by atoms with van der Waals surface area (Å²) < 4.78 is 19.9. The number of rotatable bonds is 4. The molecule has 0 aromatic heterocycles. The van der Waals surface area contributed by atoms with E-state index < -0.39 is 7.82 Å². The summed E-state index contributed by atoms with van der Waals surface area (Å²) in [5.74, 6) is 0. The average molecular weight is 195 g/mol. The fourth-order valence-corrected chi connectivity index (χ4v) is 1.40. The first-order valence-corrected chi connectivity index (χ1v) is 5.33. The minimum absolute atomic E-state index is 0.116. The molecule has 0 saturated carbocycles. The van der Waals surface area contributed by atoms with Gasteiger partial charge in [0.25, 0.3) is 7.82 Å². The van der Waals surface area contributed by atoms with Crippen molar-refractivity contribution in [2.45, 2.75) is 27.7 Å². The van der Waals surface area contributed by atoms with Crippen molar-refractivity contribution in [2.24, 2.45) is 5.41 Å². The van der Waals surface area contributed by atoms with Crippen molar-refractivity contribution >= 4 is 7.82 Å².